The van der Waals surface area contributed by atoms with E-state index in [0.717, 1.165) is 17.8 Å². The van der Waals surface area contributed by atoms with Crippen LogP contribution in [0.2, 0.25) is 0 Å². The van der Waals surface area contributed by atoms with E-state index in [4.69, 9.17) is 0 Å². The lowest BCUT2D eigenvalue weighted by Gasteiger charge is -2.25. The van der Waals surface area contributed by atoms with E-state index < -0.39 is 0 Å². The summed E-state index contributed by atoms with van der Waals surface area (Å²) < 4.78 is 0. The second-order valence-electron chi connectivity index (χ2n) is 6.87. The van der Waals surface area contributed by atoms with E-state index in [1.54, 1.807) is 5.56 Å². The average molecular weight is 288 g/mol. The third kappa shape index (κ3) is 2.22. The van der Waals surface area contributed by atoms with Crippen molar-refractivity contribution in [2.75, 3.05) is 0 Å². The molecule has 4 atom stereocenters. The van der Waals surface area contributed by atoms with Crippen LogP contribution in [-0.4, -0.2) is 0 Å². The summed E-state index contributed by atoms with van der Waals surface area (Å²) in [6, 6.07) is 15.7. The first-order valence-corrected chi connectivity index (χ1v) is 8.71. The van der Waals surface area contributed by atoms with Crippen LogP contribution in [0.25, 0.3) is 10.8 Å². The molecule has 0 aromatic heterocycles. The molecule has 1 fully saturated rings. The molecule has 112 valence electrons. The minimum absolute atomic E-state index is 0.702. The topological polar surface area (TPSA) is 0 Å². The molecule has 0 nitrogen and oxygen atoms in total. The molecule has 0 aliphatic heterocycles. The van der Waals surface area contributed by atoms with Gasteiger partial charge in [0.1, 0.15) is 0 Å². The molecule has 0 heteroatoms. The van der Waals surface area contributed by atoms with Gasteiger partial charge in [-0.1, -0.05) is 80.1 Å². The monoisotopic (exact) mass is 288 g/mol. The molecule has 2 aromatic rings. The summed E-state index contributed by atoms with van der Waals surface area (Å²) in [6.45, 7) is 2.33. The lowest BCUT2D eigenvalue weighted by molar-refractivity contribution is 0.367. The molecule has 0 bridgehead atoms. The smallest absolute Gasteiger partial charge is 0.0116 e. The van der Waals surface area contributed by atoms with Crippen molar-refractivity contribution < 1.29 is 0 Å². The molecule has 0 N–H and O–H groups in total. The van der Waals surface area contributed by atoms with Crippen LogP contribution in [0.1, 0.15) is 37.7 Å². The average Bonchev–Trinajstić information content (AvgIpc) is 2.93. The van der Waals surface area contributed by atoms with Gasteiger partial charge in [-0.2, -0.15) is 0 Å². The van der Waals surface area contributed by atoms with Crippen LogP contribution >= 0.6 is 0 Å². The Kier molecular flexibility index (Phi) is 3.62. The van der Waals surface area contributed by atoms with Crippen LogP contribution in [-0.2, 0) is 0 Å². The fourth-order valence-corrected chi connectivity index (χ4v) is 4.76. The van der Waals surface area contributed by atoms with Crippen LogP contribution in [0.15, 0.2) is 66.8 Å². The Morgan fingerprint density at radius 2 is 1.77 bits per heavy atom. The molecule has 0 heterocycles. The lowest BCUT2D eigenvalue weighted by Crippen LogP contribution is -2.15. The quantitative estimate of drug-likeness (QED) is 0.640. The Hall–Kier alpha value is -1.82. The van der Waals surface area contributed by atoms with E-state index in [0.29, 0.717) is 5.92 Å². The van der Waals surface area contributed by atoms with Gasteiger partial charge >= 0.3 is 0 Å². The molecule has 0 spiro atoms. The summed E-state index contributed by atoms with van der Waals surface area (Å²) in [5.41, 5.74) is 1.58. The van der Waals surface area contributed by atoms with Gasteiger partial charge in [-0.25, -0.2) is 0 Å². The first kappa shape index (κ1) is 13.8. The summed E-state index contributed by atoms with van der Waals surface area (Å²) in [4.78, 5) is 0. The predicted octanol–water partition coefficient (Wildman–Crippen LogP) is 6.10. The number of rotatable bonds is 3. The van der Waals surface area contributed by atoms with Gasteiger partial charge in [0.2, 0.25) is 0 Å². The molecule has 0 saturated heterocycles. The molecule has 4 rings (SSSR count). The number of allylic oxidation sites excluding steroid dienone is 4. The van der Waals surface area contributed by atoms with E-state index in [9.17, 15) is 0 Å². The minimum atomic E-state index is 0.702. The van der Waals surface area contributed by atoms with Gasteiger partial charge in [-0.3, -0.25) is 0 Å². The normalized spacial score (nSPS) is 29.9. The molecular formula is C22H24. The third-order valence-corrected chi connectivity index (χ3v) is 5.68. The van der Waals surface area contributed by atoms with Gasteiger partial charge in [0.05, 0.1) is 0 Å². The van der Waals surface area contributed by atoms with E-state index in [1.165, 1.54) is 30.0 Å². The molecule has 0 amide bonds. The largest absolute Gasteiger partial charge is 0.0808 e. The second-order valence-corrected chi connectivity index (χ2v) is 6.87. The minimum Gasteiger partial charge on any atom is -0.0808 e. The van der Waals surface area contributed by atoms with Crippen molar-refractivity contribution in [3.8, 4) is 0 Å². The Morgan fingerprint density at radius 1 is 0.955 bits per heavy atom. The van der Waals surface area contributed by atoms with Gasteiger partial charge in [0, 0.05) is 0 Å². The molecule has 2 aliphatic carbocycles. The van der Waals surface area contributed by atoms with Gasteiger partial charge in [-0.05, 0) is 52.8 Å². The molecule has 0 radical (unpaired) electrons. The van der Waals surface area contributed by atoms with Crippen LogP contribution in [0.5, 0.6) is 0 Å². The Bertz CT molecular complexity index is 716. The fourth-order valence-electron chi connectivity index (χ4n) is 4.76. The molecule has 2 aromatic carbocycles. The van der Waals surface area contributed by atoms with Gasteiger partial charge in [0.15, 0.2) is 0 Å². The first-order valence-electron chi connectivity index (χ1n) is 8.71. The number of hydrogen-bond acceptors (Lipinski definition) is 0. The van der Waals surface area contributed by atoms with Crippen molar-refractivity contribution in [2.45, 2.75) is 32.1 Å². The fraction of sp³-hybridized carbons (Fsp3) is 0.364. The summed E-state index contributed by atoms with van der Waals surface area (Å²) in [5.74, 6) is 2.98. The van der Waals surface area contributed by atoms with Crippen LogP contribution in [0.3, 0.4) is 0 Å². The van der Waals surface area contributed by atoms with Crippen LogP contribution in [0.4, 0.5) is 0 Å². The molecule has 1 saturated carbocycles. The van der Waals surface area contributed by atoms with Crippen molar-refractivity contribution in [3.05, 3.63) is 72.3 Å². The van der Waals surface area contributed by atoms with E-state index in [2.05, 4.69) is 73.7 Å². The summed E-state index contributed by atoms with van der Waals surface area (Å²) in [6.07, 6.45) is 13.4. The van der Waals surface area contributed by atoms with Crippen molar-refractivity contribution in [1.82, 2.24) is 0 Å². The molecule has 4 unspecified atom stereocenters. The highest BCUT2D eigenvalue weighted by Gasteiger charge is 2.41. The highest BCUT2D eigenvalue weighted by molar-refractivity contribution is 5.86. The summed E-state index contributed by atoms with van der Waals surface area (Å²) >= 11 is 0. The van der Waals surface area contributed by atoms with E-state index >= 15 is 0 Å². The van der Waals surface area contributed by atoms with Gasteiger partial charge in [-0.15, -0.1) is 0 Å². The zero-order chi connectivity index (χ0) is 14.9. The summed E-state index contributed by atoms with van der Waals surface area (Å²) in [5, 5.41) is 2.85. The van der Waals surface area contributed by atoms with E-state index in [-0.39, 0.29) is 0 Å². The number of hydrogen-bond donors (Lipinski definition) is 0. The molecular weight excluding hydrogens is 264 g/mol. The standard InChI is InChI=1S/C22H24/c1-2-8-20-19-13-6-4-10-17(19)15-22(20)21-14-7-11-16-9-3-5-12-18(16)21/h3-7,9-14,17,19-20,22H,2,8,15H2,1H3. The summed E-state index contributed by atoms with van der Waals surface area (Å²) in [7, 11) is 0. The number of fused-ring (bicyclic) bond motifs is 2. The molecule has 22 heavy (non-hydrogen) atoms. The van der Waals surface area contributed by atoms with E-state index in [1.807, 2.05) is 0 Å². The first-order chi connectivity index (χ1) is 10.9. The van der Waals surface area contributed by atoms with Crippen LogP contribution in [0, 0.1) is 17.8 Å². The van der Waals surface area contributed by atoms with Crippen molar-refractivity contribution in [3.63, 3.8) is 0 Å². The number of benzene rings is 2. The second kappa shape index (κ2) is 5.76. The molecule has 2 aliphatic rings. The highest BCUT2D eigenvalue weighted by Crippen LogP contribution is 2.52. The Labute approximate surface area is 133 Å². The third-order valence-electron chi connectivity index (χ3n) is 5.68. The van der Waals surface area contributed by atoms with Gasteiger partial charge < -0.3 is 0 Å². The maximum absolute atomic E-state index is 2.47. The maximum atomic E-state index is 2.47. The van der Waals surface area contributed by atoms with Gasteiger partial charge in [0.25, 0.3) is 0 Å². The van der Waals surface area contributed by atoms with Crippen molar-refractivity contribution >= 4 is 10.8 Å². The maximum Gasteiger partial charge on any atom is -0.0116 e. The lowest BCUT2D eigenvalue weighted by atomic mass is 9.79. The zero-order valence-electron chi connectivity index (χ0n) is 13.3. The highest BCUT2D eigenvalue weighted by atomic mass is 14.5. The Morgan fingerprint density at radius 3 is 2.68 bits per heavy atom. The van der Waals surface area contributed by atoms with Crippen LogP contribution < -0.4 is 0 Å². The zero-order valence-corrected chi connectivity index (χ0v) is 13.3. The Balaban J connectivity index is 1.79. The van der Waals surface area contributed by atoms with Crippen molar-refractivity contribution in [1.29, 1.82) is 0 Å². The predicted molar refractivity (Wildman–Crippen MR) is 95.0 cm³/mol. The SMILES string of the molecule is CCCC1C(c2cccc3ccccc23)CC2C=CC=CC21. The van der Waals surface area contributed by atoms with Crippen molar-refractivity contribution in [2.24, 2.45) is 17.8 Å².